The third-order valence-corrected chi connectivity index (χ3v) is 4.29. The Hall–Kier alpha value is -1.24. The van der Waals surface area contributed by atoms with Gasteiger partial charge in [0.15, 0.2) is 5.96 Å². The molecule has 0 aromatic heterocycles. The summed E-state index contributed by atoms with van der Waals surface area (Å²) in [5.74, 6) is 1.71. The SMILES string of the molecule is CCNC(=NCc1cccc(N2CC=CC2)c1)NC1CC1C.I. The fourth-order valence-corrected chi connectivity index (χ4v) is 2.73. The lowest BCUT2D eigenvalue weighted by Crippen LogP contribution is -2.39. The van der Waals surface area contributed by atoms with E-state index in [4.69, 9.17) is 4.99 Å². The molecule has 1 fully saturated rings. The molecule has 2 unspecified atom stereocenters. The molecule has 3 rings (SSSR count). The van der Waals surface area contributed by atoms with Crippen molar-refractivity contribution in [2.45, 2.75) is 32.9 Å². The topological polar surface area (TPSA) is 39.7 Å². The Morgan fingerprint density at radius 3 is 2.70 bits per heavy atom. The fraction of sp³-hybridized carbons (Fsp3) is 0.500. The smallest absolute Gasteiger partial charge is 0.191 e. The van der Waals surface area contributed by atoms with Crippen molar-refractivity contribution in [1.29, 1.82) is 0 Å². The maximum Gasteiger partial charge on any atom is 0.191 e. The highest BCUT2D eigenvalue weighted by molar-refractivity contribution is 14.0. The molecular weight excluding hydrogens is 399 g/mol. The first-order valence-electron chi connectivity index (χ1n) is 8.30. The predicted octanol–water partition coefficient (Wildman–Crippen LogP) is 3.14. The van der Waals surface area contributed by atoms with Gasteiger partial charge in [-0.2, -0.15) is 0 Å². The number of aliphatic imine (C=N–C) groups is 1. The number of nitrogens with zero attached hydrogens (tertiary/aromatic N) is 2. The summed E-state index contributed by atoms with van der Waals surface area (Å²) in [6.45, 7) is 8.01. The van der Waals surface area contributed by atoms with Gasteiger partial charge in [-0.05, 0) is 37.0 Å². The summed E-state index contributed by atoms with van der Waals surface area (Å²) >= 11 is 0. The monoisotopic (exact) mass is 426 g/mol. The number of anilines is 1. The van der Waals surface area contributed by atoms with Gasteiger partial charge < -0.3 is 15.5 Å². The zero-order chi connectivity index (χ0) is 15.4. The summed E-state index contributed by atoms with van der Waals surface area (Å²) in [5, 5.41) is 6.83. The van der Waals surface area contributed by atoms with Crippen molar-refractivity contribution >= 4 is 35.6 Å². The van der Waals surface area contributed by atoms with Crippen LogP contribution in [0.4, 0.5) is 5.69 Å². The molecule has 2 atom stereocenters. The average Bonchev–Trinajstić information content (AvgIpc) is 3.02. The standard InChI is InChI=1S/C18H26N4.HI/c1-3-19-18(21-17-11-14(17)2)20-13-15-7-6-8-16(12-15)22-9-4-5-10-22;/h4-8,12,14,17H,3,9-11,13H2,1-2H3,(H2,19,20,21);1H. The molecule has 1 aliphatic heterocycles. The van der Waals surface area contributed by atoms with E-state index in [0.717, 1.165) is 31.5 Å². The minimum absolute atomic E-state index is 0. The van der Waals surface area contributed by atoms with Gasteiger partial charge in [0.25, 0.3) is 0 Å². The van der Waals surface area contributed by atoms with Crippen LogP contribution in [0.1, 0.15) is 25.8 Å². The quantitative estimate of drug-likeness (QED) is 0.329. The normalized spacial score (nSPS) is 22.7. The first-order valence-corrected chi connectivity index (χ1v) is 8.30. The van der Waals surface area contributed by atoms with E-state index < -0.39 is 0 Å². The summed E-state index contributed by atoms with van der Waals surface area (Å²) in [6.07, 6.45) is 5.69. The summed E-state index contributed by atoms with van der Waals surface area (Å²) in [5.41, 5.74) is 2.54. The molecule has 1 heterocycles. The largest absolute Gasteiger partial charge is 0.364 e. The molecule has 1 aromatic carbocycles. The minimum Gasteiger partial charge on any atom is -0.364 e. The Kier molecular flexibility index (Phi) is 6.74. The second-order valence-corrected chi connectivity index (χ2v) is 6.21. The van der Waals surface area contributed by atoms with Gasteiger partial charge in [-0.25, -0.2) is 4.99 Å². The summed E-state index contributed by atoms with van der Waals surface area (Å²) in [4.78, 5) is 7.09. The number of hydrogen-bond acceptors (Lipinski definition) is 2. The van der Waals surface area contributed by atoms with Gasteiger partial charge in [0.2, 0.25) is 0 Å². The third kappa shape index (κ3) is 5.12. The number of hydrogen-bond donors (Lipinski definition) is 2. The van der Waals surface area contributed by atoms with Gasteiger partial charge >= 0.3 is 0 Å². The van der Waals surface area contributed by atoms with Crippen LogP contribution in [0.5, 0.6) is 0 Å². The van der Waals surface area contributed by atoms with Crippen molar-refractivity contribution in [3.63, 3.8) is 0 Å². The Balaban J connectivity index is 0.00000192. The van der Waals surface area contributed by atoms with E-state index >= 15 is 0 Å². The van der Waals surface area contributed by atoms with E-state index in [1.807, 2.05) is 0 Å². The second kappa shape index (κ2) is 8.57. The number of benzene rings is 1. The van der Waals surface area contributed by atoms with Crippen LogP contribution in [0.15, 0.2) is 41.4 Å². The highest BCUT2D eigenvalue weighted by Crippen LogP contribution is 2.28. The van der Waals surface area contributed by atoms with Crippen molar-refractivity contribution < 1.29 is 0 Å². The second-order valence-electron chi connectivity index (χ2n) is 6.21. The summed E-state index contributed by atoms with van der Waals surface area (Å²) < 4.78 is 0. The van der Waals surface area contributed by atoms with E-state index in [1.54, 1.807) is 0 Å². The highest BCUT2D eigenvalue weighted by Gasteiger charge is 2.33. The molecule has 126 valence electrons. The maximum absolute atomic E-state index is 4.73. The Morgan fingerprint density at radius 2 is 2.04 bits per heavy atom. The predicted molar refractivity (Wildman–Crippen MR) is 109 cm³/mol. The molecule has 2 aliphatic rings. The van der Waals surface area contributed by atoms with Crippen molar-refractivity contribution in [2.24, 2.45) is 10.9 Å². The Morgan fingerprint density at radius 1 is 1.30 bits per heavy atom. The van der Waals surface area contributed by atoms with Crippen LogP contribution in [0.3, 0.4) is 0 Å². The molecule has 0 spiro atoms. The molecule has 2 N–H and O–H groups in total. The van der Waals surface area contributed by atoms with E-state index in [-0.39, 0.29) is 24.0 Å². The lowest BCUT2D eigenvalue weighted by molar-refractivity contribution is 0.766. The van der Waals surface area contributed by atoms with Crippen molar-refractivity contribution in [1.82, 2.24) is 10.6 Å². The van der Waals surface area contributed by atoms with E-state index in [9.17, 15) is 0 Å². The van der Waals surface area contributed by atoms with Crippen LogP contribution in [-0.2, 0) is 6.54 Å². The van der Waals surface area contributed by atoms with E-state index in [2.05, 4.69) is 65.8 Å². The molecule has 1 aromatic rings. The highest BCUT2D eigenvalue weighted by atomic mass is 127. The summed E-state index contributed by atoms with van der Waals surface area (Å²) in [6, 6.07) is 9.30. The summed E-state index contributed by atoms with van der Waals surface area (Å²) in [7, 11) is 0. The third-order valence-electron chi connectivity index (χ3n) is 4.29. The van der Waals surface area contributed by atoms with Gasteiger partial charge in [-0.1, -0.05) is 31.2 Å². The lowest BCUT2D eigenvalue weighted by atomic mass is 10.2. The van der Waals surface area contributed by atoms with Gasteiger partial charge in [0.05, 0.1) is 6.54 Å². The number of rotatable bonds is 5. The Labute approximate surface area is 156 Å². The van der Waals surface area contributed by atoms with E-state index in [0.29, 0.717) is 12.6 Å². The number of guanidine groups is 1. The molecule has 0 radical (unpaired) electrons. The zero-order valence-electron chi connectivity index (χ0n) is 14.0. The molecule has 1 saturated carbocycles. The van der Waals surface area contributed by atoms with Crippen LogP contribution >= 0.6 is 24.0 Å². The lowest BCUT2D eigenvalue weighted by Gasteiger charge is -2.18. The first kappa shape index (κ1) is 18.1. The average molecular weight is 426 g/mol. The molecular formula is C18H27IN4. The van der Waals surface area contributed by atoms with Crippen LogP contribution < -0.4 is 15.5 Å². The molecule has 0 amide bonds. The van der Waals surface area contributed by atoms with Crippen molar-refractivity contribution in [3.05, 3.63) is 42.0 Å². The molecule has 0 bridgehead atoms. The molecule has 23 heavy (non-hydrogen) atoms. The minimum atomic E-state index is 0. The van der Waals surface area contributed by atoms with Gasteiger partial charge in [0, 0.05) is 31.4 Å². The van der Waals surface area contributed by atoms with Crippen LogP contribution in [0, 0.1) is 5.92 Å². The van der Waals surface area contributed by atoms with Crippen molar-refractivity contribution in [2.75, 3.05) is 24.5 Å². The molecule has 1 aliphatic carbocycles. The van der Waals surface area contributed by atoms with Gasteiger partial charge in [-0.15, -0.1) is 24.0 Å². The van der Waals surface area contributed by atoms with Gasteiger partial charge in [-0.3, -0.25) is 0 Å². The first-order chi connectivity index (χ1) is 10.8. The van der Waals surface area contributed by atoms with Crippen LogP contribution in [-0.4, -0.2) is 31.6 Å². The van der Waals surface area contributed by atoms with Crippen LogP contribution in [0.25, 0.3) is 0 Å². The fourth-order valence-electron chi connectivity index (χ4n) is 2.73. The van der Waals surface area contributed by atoms with Crippen molar-refractivity contribution in [3.8, 4) is 0 Å². The molecule has 0 saturated heterocycles. The maximum atomic E-state index is 4.73. The molecule has 4 nitrogen and oxygen atoms in total. The van der Waals surface area contributed by atoms with Crippen LogP contribution in [0.2, 0.25) is 0 Å². The van der Waals surface area contributed by atoms with Gasteiger partial charge in [0.1, 0.15) is 0 Å². The zero-order valence-corrected chi connectivity index (χ0v) is 16.3. The van der Waals surface area contributed by atoms with E-state index in [1.165, 1.54) is 17.7 Å². The number of halogens is 1. The Bertz CT molecular complexity index is 562. The molecule has 5 heteroatoms. The number of nitrogens with one attached hydrogen (secondary N) is 2.